The van der Waals surface area contributed by atoms with Crippen LogP contribution in [0.4, 0.5) is 5.82 Å². The van der Waals surface area contributed by atoms with Gasteiger partial charge in [-0.25, -0.2) is 13.4 Å². The third-order valence-electron chi connectivity index (χ3n) is 4.33. The van der Waals surface area contributed by atoms with E-state index in [4.69, 9.17) is 0 Å². The first-order valence-corrected chi connectivity index (χ1v) is 11.2. The molecule has 0 aliphatic carbocycles. The largest absolute Gasteiger partial charge is 0.358 e. The van der Waals surface area contributed by atoms with E-state index >= 15 is 0 Å². The summed E-state index contributed by atoms with van der Waals surface area (Å²) >= 11 is 1.67. The van der Waals surface area contributed by atoms with Gasteiger partial charge >= 0.3 is 0 Å². The second-order valence-corrected chi connectivity index (χ2v) is 8.89. The summed E-state index contributed by atoms with van der Waals surface area (Å²) in [6, 6.07) is 17.5. The fraction of sp³-hybridized carbons (Fsp3) is 0.250. The highest BCUT2D eigenvalue weighted by Crippen LogP contribution is 2.29. The molecule has 1 N–H and O–H groups in total. The van der Waals surface area contributed by atoms with Gasteiger partial charge in [-0.1, -0.05) is 50.2 Å². The van der Waals surface area contributed by atoms with Crippen LogP contribution in [-0.4, -0.2) is 30.8 Å². The van der Waals surface area contributed by atoms with Gasteiger partial charge in [0.15, 0.2) is 0 Å². The monoisotopic (exact) mass is 401 g/mol. The van der Waals surface area contributed by atoms with Crippen LogP contribution in [0.5, 0.6) is 0 Å². The number of sulfonamides is 1. The predicted molar refractivity (Wildman–Crippen MR) is 111 cm³/mol. The van der Waals surface area contributed by atoms with Crippen LogP contribution in [0.15, 0.2) is 71.1 Å². The molecule has 7 heteroatoms. The Morgan fingerprint density at radius 3 is 2.33 bits per heavy atom. The van der Waals surface area contributed by atoms with Crippen molar-refractivity contribution >= 4 is 27.2 Å². The lowest BCUT2D eigenvalue weighted by Gasteiger charge is -2.20. The standard InChI is InChI=1S/C20H23N3O2S2/c1-3-23(4-2)27(24,25)17-12-13-19(21-15-17)22-20(18-11-8-14-26-18)16-9-6-5-7-10-16/h5-15,20H,3-4H2,1-2H3,(H,21,22)/t20-/m0/s1. The third kappa shape index (κ3) is 4.37. The van der Waals surface area contributed by atoms with Gasteiger partial charge in [0.25, 0.3) is 0 Å². The molecule has 2 aromatic heterocycles. The smallest absolute Gasteiger partial charge is 0.244 e. The van der Waals surface area contributed by atoms with Crippen molar-refractivity contribution in [3.63, 3.8) is 0 Å². The second kappa shape index (κ2) is 8.65. The molecule has 0 aliphatic heterocycles. The average Bonchev–Trinajstić information content (AvgIpc) is 3.22. The molecule has 0 fully saturated rings. The number of hydrogen-bond donors (Lipinski definition) is 1. The Labute approximate surface area is 164 Å². The molecular weight excluding hydrogens is 378 g/mol. The minimum atomic E-state index is -3.50. The van der Waals surface area contributed by atoms with Crippen LogP contribution in [0.25, 0.3) is 0 Å². The van der Waals surface area contributed by atoms with Crippen molar-refractivity contribution in [2.45, 2.75) is 24.8 Å². The Kier molecular flexibility index (Phi) is 6.26. The van der Waals surface area contributed by atoms with Gasteiger partial charge in [-0.3, -0.25) is 0 Å². The number of rotatable bonds is 8. The van der Waals surface area contributed by atoms with E-state index in [1.807, 2.05) is 43.5 Å². The average molecular weight is 402 g/mol. The Morgan fingerprint density at radius 1 is 1.04 bits per heavy atom. The maximum absolute atomic E-state index is 12.6. The number of nitrogens with zero attached hydrogens (tertiary/aromatic N) is 2. The van der Waals surface area contributed by atoms with Crippen molar-refractivity contribution in [3.8, 4) is 0 Å². The van der Waals surface area contributed by atoms with E-state index in [0.717, 1.165) is 5.56 Å². The molecular formula is C20H23N3O2S2. The summed E-state index contributed by atoms with van der Waals surface area (Å²) in [5, 5.41) is 5.47. The number of anilines is 1. The molecule has 3 aromatic rings. The fourth-order valence-corrected chi connectivity index (χ4v) is 5.10. The minimum absolute atomic E-state index is 0.0380. The highest BCUT2D eigenvalue weighted by atomic mass is 32.2. The molecule has 3 rings (SSSR count). The predicted octanol–water partition coefficient (Wildman–Crippen LogP) is 4.38. The summed E-state index contributed by atoms with van der Waals surface area (Å²) in [6.07, 6.45) is 1.42. The van der Waals surface area contributed by atoms with E-state index in [1.165, 1.54) is 15.4 Å². The van der Waals surface area contributed by atoms with E-state index in [2.05, 4.69) is 28.5 Å². The van der Waals surface area contributed by atoms with E-state index in [-0.39, 0.29) is 10.9 Å². The zero-order valence-electron chi connectivity index (χ0n) is 15.4. The van der Waals surface area contributed by atoms with Crippen LogP contribution in [-0.2, 0) is 10.0 Å². The van der Waals surface area contributed by atoms with E-state index in [0.29, 0.717) is 18.9 Å². The first kappa shape index (κ1) is 19.5. The first-order valence-electron chi connectivity index (χ1n) is 8.87. The number of aromatic nitrogens is 1. The lowest BCUT2D eigenvalue weighted by Crippen LogP contribution is -2.30. The molecule has 1 atom stereocenters. The zero-order chi connectivity index (χ0) is 19.3. The molecule has 0 spiro atoms. The second-order valence-electron chi connectivity index (χ2n) is 5.97. The summed E-state index contributed by atoms with van der Waals surface area (Å²) < 4.78 is 26.6. The van der Waals surface area contributed by atoms with Crippen LogP contribution in [0.3, 0.4) is 0 Å². The van der Waals surface area contributed by atoms with Crippen molar-refractivity contribution in [2.75, 3.05) is 18.4 Å². The summed E-state index contributed by atoms with van der Waals surface area (Å²) in [7, 11) is -3.50. The first-order chi connectivity index (χ1) is 13.1. The fourth-order valence-electron chi connectivity index (χ4n) is 2.90. The minimum Gasteiger partial charge on any atom is -0.358 e. The summed E-state index contributed by atoms with van der Waals surface area (Å²) in [5.41, 5.74) is 1.13. The summed E-state index contributed by atoms with van der Waals surface area (Å²) in [4.78, 5) is 5.74. The molecule has 0 amide bonds. The molecule has 0 radical (unpaired) electrons. The molecule has 0 saturated heterocycles. The van der Waals surface area contributed by atoms with E-state index < -0.39 is 10.0 Å². The van der Waals surface area contributed by atoms with Crippen LogP contribution in [0, 0.1) is 0 Å². The van der Waals surface area contributed by atoms with Gasteiger partial charge in [-0.15, -0.1) is 11.3 Å². The summed E-state index contributed by atoms with van der Waals surface area (Å²) in [5.74, 6) is 0.635. The van der Waals surface area contributed by atoms with Crippen LogP contribution in [0.1, 0.15) is 30.3 Å². The Hall–Kier alpha value is -2.22. The van der Waals surface area contributed by atoms with Crippen molar-refractivity contribution < 1.29 is 8.42 Å². The van der Waals surface area contributed by atoms with Crippen LogP contribution < -0.4 is 5.32 Å². The number of hydrogen-bond acceptors (Lipinski definition) is 5. The van der Waals surface area contributed by atoms with Gasteiger partial charge in [-0.05, 0) is 29.1 Å². The maximum atomic E-state index is 12.6. The summed E-state index contributed by atoms with van der Waals surface area (Å²) in [6.45, 7) is 4.53. The van der Waals surface area contributed by atoms with Crippen LogP contribution in [0.2, 0.25) is 0 Å². The lowest BCUT2D eigenvalue weighted by atomic mass is 10.1. The highest BCUT2D eigenvalue weighted by molar-refractivity contribution is 7.89. The SMILES string of the molecule is CCN(CC)S(=O)(=O)c1ccc(N[C@@H](c2ccccc2)c2cccs2)nc1. The molecule has 27 heavy (non-hydrogen) atoms. The normalized spacial score (nSPS) is 12.9. The molecule has 0 saturated carbocycles. The van der Waals surface area contributed by atoms with Gasteiger partial charge in [0.05, 0.1) is 6.04 Å². The molecule has 142 valence electrons. The molecule has 0 aliphatic rings. The topological polar surface area (TPSA) is 62.3 Å². The Morgan fingerprint density at radius 2 is 1.78 bits per heavy atom. The third-order valence-corrected chi connectivity index (χ3v) is 7.30. The van der Waals surface area contributed by atoms with Gasteiger partial charge in [-0.2, -0.15) is 4.31 Å². The van der Waals surface area contributed by atoms with Crippen LogP contribution >= 0.6 is 11.3 Å². The van der Waals surface area contributed by atoms with Crippen molar-refractivity contribution in [3.05, 3.63) is 76.6 Å². The van der Waals surface area contributed by atoms with Crippen molar-refractivity contribution in [2.24, 2.45) is 0 Å². The van der Waals surface area contributed by atoms with Crippen molar-refractivity contribution in [1.82, 2.24) is 9.29 Å². The quantitative estimate of drug-likeness (QED) is 0.609. The lowest BCUT2D eigenvalue weighted by molar-refractivity contribution is 0.445. The molecule has 0 bridgehead atoms. The Bertz CT molecular complexity index is 937. The van der Waals surface area contributed by atoms with Gasteiger partial charge in [0, 0.05) is 24.2 Å². The number of nitrogens with one attached hydrogen (secondary N) is 1. The van der Waals surface area contributed by atoms with Gasteiger partial charge < -0.3 is 5.32 Å². The van der Waals surface area contributed by atoms with E-state index in [9.17, 15) is 8.42 Å². The van der Waals surface area contributed by atoms with Gasteiger partial charge in [0.2, 0.25) is 10.0 Å². The maximum Gasteiger partial charge on any atom is 0.244 e. The zero-order valence-corrected chi connectivity index (χ0v) is 17.0. The van der Waals surface area contributed by atoms with Gasteiger partial charge in [0.1, 0.15) is 10.7 Å². The highest BCUT2D eigenvalue weighted by Gasteiger charge is 2.22. The molecule has 1 aromatic carbocycles. The Balaban J connectivity index is 1.86. The number of benzene rings is 1. The molecule has 0 unspecified atom stereocenters. The molecule has 5 nitrogen and oxygen atoms in total. The number of thiophene rings is 1. The number of pyridine rings is 1. The van der Waals surface area contributed by atoms with E-state index in [1.54, 1.807) is 23.5 Å². The molecule has 2 heterocycles. The van der Waals surface area contributed by atoms with Crippen molar-refractivity contribution in [1.29, 1.82) is 0 Å².